The number of rotatable bonds is 5. The molecule has 1 aliphatic heterocycles. The number of aryl methyl sites for hydroxylation is 1. The van der Waals surface area contributed by atoms with Crippen molar-refractivity contribution in [1.29, 1.82) is 0 Å². The fourth-order valence-electron chi connectivity index (χ4n) is 2.53. The molecular formula is C17H18N2O5S. The minimum absolute atomic E-state index is 0.141. The molecule has 0 saturated heterocycles. The van der Waals surface area contributed by atoms with Crippen LogP contribution in [-0.2, 0) is 14.8 Å². The molecule has 2 aromatic rings. The average Bonchev–Trinajstić information content (AvgIpc) is 3.00. The summed E-state index contributed by atoms with van der Waals surface area (Å²) in [4.78, 5) is 12.4. The van der Waals surface area contributed by atoms with Crippen LogP contribution in [0.25, 0.3) is 0 Å². The third-order valence-corrected chi connectivity index (χ3v) is 4.85. The number of amides is 1. The predicted molar refractivity (Wildman–Crippen MR) is 94.6 cm³/mol. The van der Waals surface area contributed by atoms with Crippen molar-refractivity contribution < 1.29 is 22.7 Å². The smallest absolute Gasteiger partial charge is 0.245 e. The Morgan fingerprint density at radius 1 is 1.16 bits per heavy atom. The van der Waals surface area contributed by atoms with Gasteiger partial charge in [-0.3, -0.25) is 9.10 Å². The summed E-state index contributed by atoms with van der Waals surface area (Å²) in [5.74, 6) is 0.694. The Balaban J connectivity index is 1.78. The van der Waals surface area contributed by atoms with Crippen LogP contribution < -0.4 is 19.1 Å². The highest BCUT2D eigenvalue weighted by molar-refractivity contribution is 7.92. The molecule has 7 nitrogen and oxygen atoms in total. The van der Waals surface area contributed by atoms with Crippen LogP contribution in [0.3, 0.4) is 0 Å². The Bertz CT molecular complexity index is 911. The van der Waals surface area contributed by atoms with E-state index in [4.69, 9.17) is 9.47 Å². The summed E-state index contributed by atoms with van der Waals surface area (Å²) in [6.45, 7) is 1.61. The lowest BCUT2D eigenvalue weighted by Gasteiger charge is -2.23. The summed E-state index contributed by atoms with van der Waals surface area (Å²) in [6.07, 6.45) is 1.08. The fraction of sp³-hybridized carbons (Fsp3) is 0.235. The molecule has 0 saturated carbocycles. The second-order valence-corrected chi connectivity index (χ2v) is 7.58. The highest BCUT2D eigenvalue weighted by Gasteiger charge is 2.22. The number of sulfonamides is 1. The van der Waals surface area contributed by atoms with E-state index in [1.807, 2.05) is 6.07 Å². The number of fused-ring (bicyclic) bond motifs is 1. The van der Waals surface area contributed by atoms with E-state index in [9.17, 15) is 13.2 Å². The van der Waals surface area contributed by atoms with Gasteiger partial charge in [-0.15, -0.1) is 0 Å². The SMILES string of the molecule is Cc1ccccc1N(CC(=O)Nc1ccc2c(c1)OCO2)S(C)(=O)=O. The van der Waals surface area contributed by atoms with Crippen molar-refractivity contribution in [3.8, 4) is 11.5 Å². The fourth-order valence-corrected chi connectivity index (χ4v) is 3.44. The first-order valence-corrected chi connectivity index (χ1v) is 9.42. The standard InChI is InChI=1S/C17H18N2O5S/c1-12-5-3-4-6-14(12)19(25(2,21)22)10-17(20)18-13-7-8-15-16(9-13)24-11-23-15/h3-9H,10-11H2,1-2H3,(H,18,20). The summed E-state index contributed by atoms with van der Waals surface area (Å²) in [5, 5.41) is 2.68. The summed E-state index contributed by atoms with van der Waals surface area (Å²) < 4.78 is 35.8. The van der Waals surface area contributed by atoms with E-state index in [1.165, 1.54) is 0 Å². The van der Waals surface area contributed by atoms with Gasteiger partial charge in [-0.2, -0.15) is 0 Å². The number of para-hydroxylation sites is 1. The number of carbonyl (C=O) groups is 1. The van der Waals surface area contributed by atoms with E-state index >= 15 is 0 Å². The topological polar surface area (TPSA) is 84.9 Å². The summed E-state index contributed by atoms with van der Waals surface area (Å²) in [6, 6.07) is 12.0. The van der Waals surface area contributed by atoms with Gasteiger partial charge < -0.3 is 14.8 Å². The first kappa shape index (κ1) is 17.1. The van der Waals surface area contributed by atoms with Gasteiger partial charge in [0, 0.05) is 11.8 Å². The van der Waals surface area contributed by atoms with Crippen LogP contribution in [0.5, 0.6) is 11.5 Å². The van der Waals surface area contributed by atoms with Gasteiger partial charge in [-0.05, 0) is 30.7 Å². The molecule has 1 amide bonds. The van der Waals surface area contributed by atoms with Crippen molar-refractivity contribution in [3.63, 3.8) is 0 Å². The lowest BCUT2D eigenvalue weighted by atomic mass is 10.2. The molecule has 1 aliphatic rings. The summed E-state index contributed by atoms with van der Waals surface area (Å²) in [5.41, 5.74) is 1.75. The van der Waals surface area contributed by atoms with Crippen LogP contribution >= 0.6 is 0 Å². The lowest BCUT2D eigenvalue weighted by Crippen LogP contribution is -2.37. The summed E-state index contributed by atoms with van der Waals surface area (Å²) in [7, 11) is -3.61. The molecule has 0 aliphatic carbocycles. The van der Waals surface area contributed by atoms with E-state index in [0.29, 0.717) is 22.9 Å². The number of anilines is 2. The zero-order chi connectivity index (χ0) is 18.0. The molecule has 132 valence electrons. The van der Waals surface area contributed by atoms with Crippen LogP contribution in [0.2, 0.25) is 0 Å². The second-order valence-electron chi connectivity index (χ2n) is 5.67. The molecule has 0 unspecified atom stereocenters. The molecule has 0 atom stereocenters. The van der Waals surface area contributed by atoms with Crippen molar-refractivity contribution in [2.45, 2.75) is 6.92 Å². The molecule has 8 heteroatoms. The minimum Gasteiger partial charge on any atom is -0.454 e. The molecular weight excluding hydrogens is 344 g/mol. The zero-order valence-corrected chi connectivity index (χ0v) is 14.7. The number of hydrogen-bond acceptors (Lipinski definition) is 5. The maximum absolute atomic E-state index is 12.4. The number of nitrogens with one attached hydrogen (secondary N) is 1. The van der Waals surface area contributed by atoms with Crippen LogP contribution in [0.15, 0.2) is 42.5 Å². The maximum atomic E-state index is 12.4. The molecule has 3 rings (SSSR count). The Hall–Kier alpha value is -2.74. The number of ether oxygens (including phenoxy) is 2. The van der Waals surface area contributed by atoms with E-state index in [0.717, 1.165) is 16.1 Å². The Morgan fingerprint density at radius 2 is 1.88 bits per heavy atom. The van der Waals surface area contributed by atoms with Gasteiger partial charge in [-0.1, -0.05) is 18.2 Å². The molecule has 0 bridgehead atoms. The summed E-state index contributed by atoms with van der Waals surface area (Å²) >= 11 is 0. The molecule has 0 aromatic heterocycles. The molecule has 1 heterocycles. The van der Waals surface area contributed by atoms with Gasteiger partial charge in [0.15, 0.2) is 11.5 Å². The second kappa shape index (κ2) is 6.64. The van der Waals surface area contributed by atoms with Crippen molar-refractivity contribution in [3.05, 3.63) is 48.0 Å². The van der Waals surface area contributed by atoms with Gasteiger partial charge in [-0.25, -0.2) is 8.42 Å². The molecule has 25 heavy (non-hydrogen) atoms. The largest absolute Gasteiger partial charge is 0.454 e. The third kappa shape index (κ3) is 3.85. The van der Waals surface area contributed by atoms with Gasteiger partial charge in [0.25, 0.3) is 0 Å². The van der Waals surface area contributed by atoms with Crippen LogP contribution in [-0.4, -0.2) is 33.9 Å². The van der Waals surface area contributed by atoms with Gasteiger partial charge in [0.1, 0.15) is 6.54 Å². The van der Waals surface area contributed by atoms with E-state index in [-0.39, 0.29) is 13.3 Å². The number of benzene rings is 2. The normalized spacial score (nSPS) is 12.7. The number of carbonyl (C=O) groups excluding carboxylic acids is 1. The maximum Gasteiger partial charge on any atom is 0.245 e. The van der Waals surface area contributed by atoms with E-state index < -0.39 is 15.9 Å². The van der Waals surface area contributed by atoms with Crippen molar-refractivity contribution in [2.24, 2.45) is 0 Å². The van der Waals surface area contributed by atoms with Crippen molar-refractivity contribution >= 4 is 27.3 Å². The average molecular weight is 362 g/mol. The number of nitrogens with zero attached hydrogens (tertiary/aromatic N) is 1. The monoisotopic (exact) mass is 362 g/mol. The molecule has 1 N–H and O–H groups in total. The highest BCUT2D eigenvalue weighted by atomic mass is 32.2. The highest BCUT2D eigenvalue weighted by Crippen LogP contribution is 2.34. The van der Waals surface area contributed by atoms with Crippen LogP contribution in [0.4, 0.5) is 11.4 Å². The first-order chi connectivity index (χ1) is 11.8. The third-order valence-electron chi connectivity index (χ3n) is 3.73. The quantitative estimate of drug-likeness (QED) is 0.881. The molecule has 0 radical (unpaired) electrons. The van der Waals surface area contributed by atoms with Crippen molar-refractivity contribution in [1.82, 2.24) is 0 Å². The predicted octanol–water partition coefficient (Wildman–Crippen LogP) is 2.13. The van der Waals surface area contributed by atoms with Crippen molar-refractivity contribution in [2.75, 3.05) is 29.2 Å². The van der Waals surface area contributed by atoms with Crippen LogP contribution in [0, 0.1) is 6.92 Å². The van der Waals surface area contributed by atoms with Gasteiger partial charge in [0.2, 0.25) is 22.7 Å². The lowest BCUT2D eigenvalue weighted by molar-refractivity contribution is -0.114. The zero-order valence-electron chi connectivity index (χ0n) is 13.9. The minimum atomic E-state index is -3.61. The first-order valence-electron chi connectivity index (χ1n) is 7.57. The molecule has 2 aromatic carbocycles. The number of hydrogen-bond donors (Lipinski definition) is 1. The Kier molecular flexibility index (Phi) is 4.54. The Morgan fingerprint density at radius 3 is 2.60 bits per heavy atom. The van der Waals surface area contributed by atoms with Gasteiger partial charge >= 0.3 is 0 Å². The van der Waals surface area contributed by atoms with Gasteiger partial charge in [0.05, 0.1) is 11.9 Å². The van der Waals surface area contributed by atoms with E-state index in [1.54, 1.807) is 43.3 Å². The molecule has 0 fully saturated rings. The Labute approximate surface area is 146 Å². The van der Waals surface area contributed by atoms with E-state index in [2.05, 4.69) is 5.32 Å². The molecule has 0 spiro atoms. The van der Waals surface area contributed by atoms with Crippen LogP contribution in [0.1, 0.15) is 5.56 Å².